The molecule has 0 aliphatic heterocycles. The molecule has 1 heterocycles. The Balaban J connectivity index is 2.20. The minimum absolute atomic E-state index is 0.149. The molecule has 0 saturated heterocycles. The van der Waals surface area contributed by atoms with Gasteiger partial charge in [0.15, 0.2) is 11.6 Å². The number of nitrogen functional groups attached to an aromatic ring is 1. The van der Waals surface area contributed by atoms with Crippen molar-refractivity contribution in [1.82, 2.24) is 4.98 Å². The quantitative estimate of drug-likeness (QED) is 0.467. The van der Waals surface area contributed by atoms with E-state index in [4.69, 9.17) is 10.5 Å². The van der Waals surface area contributed by atoms with Crippen molar-refractivity contribution in [3.63, 3.8) is 0 Å². The molecule has 3 rings (SSSR count). The van der Waals surface area contributed by atoms with E-state index in [2.05, 4.69) is 0 Å². The van der Waals surface area contributed by atoms with Gasteiger partial charge in [-0.2, -0.15) is 0 Å². The van der Waals surface area contributed by atoms with Gasteiger partial charge in [-0.1, -0.05) is 6.07 Å². The first-order valence-corrected chi connectivity index (χ1v) is 8.49. The van der Waals surface area contributed by atoms with Gasteiger partial charge in [0.2, 0.25) is 0 Å². The van der Waals surface area contributed by atoms with E-state index in [0.29, 0.717) is 0 Å². The normalized spacial score (nSPS) is 10.7. The highest BCUT2D eigenvalue weighted by Gasteiger charge is 2.28. The molecule has 0 unspecified atom stereocenters. The van der Waals surface area contributed by atoms with Crippen molar-refractivity contribution in [1.29, 1.82) is 0 Å². The third kappa shape index (κ3) is 4.20. The molecule has 11 heteroatoms. The SMILES string of the molecule is Nc1[nH]c(=O)c(C(=O)O)c(-c2ccc(F)cc2OCc2ccc(F)c(F)c2)c1C(=O)O. The van der Waals surface area contributed by atoms with Crippen LogP contribution in [0.2, 0.25) is 0 Å². The molecular weight excluding hydrogens is 421 g/mol. The summed E-state index contributed by atoms with van der Waals surface area (Å²) in [7, 11) is 0. The van der Waals surface area contributed by atoms with Gasteiger partial charge in [-0.05, 0) is 29.8 Å². The standard InChI is InChI=1S/C20H13F3N2O6/c21-9-2-3-10(13(6-9)31-7-8-1-4-11(22)12(23)5-8)14-15(19(27)28)17(24)25-18(26)16(14)20(29)30/h1-6H,7H2,(H,27,28)(H,29,30)(H3,24,25,26). The number of anilines is 1. The summed E-state index contributed by atoms with van der Waals surface area (Å²) >= 11 is 0. The average Bonchev–Trinajstić information content (AvgIpc) is 2.67. The maximum atomic E-state index is 13.9. The largest absolute Gasteiger partial charge is 0.488 e. The number of hydrogen-bond acceptors (Lipinski definition) is 5. The van der Waals surface area contributed by atoms with Crippen LogP contribution in [-0.2, 0) is 6.61 Å². The number of carboxylic acid groups (broad SMARTS) is 2. The van der Waals surface area contributed by atoms with Crippen molar-refractivity contribution < 1.29 is 37.7 Å². The number of rotatable bonds is 6. The number of aromatic nitrogens is 1. The van der Waals surface area contributed by atoms with Crippen molar-refractivity contribution in [2.45, 2.75) is 6.61 Å². The molecule has 0 radical (unpaired) electrons. The van der Waals surface area contributed by atoms with E-state index in [1.807, 2.05) is 4.98 Å². The van der Waals surface area contributed by atoms with Crippen LogP contribution in [0.25, 0.3) is 11.1 Å². The number of nitrogens with two attached hydrogens (primary N) is 1. The van der Waals surface area contributed by atoms with E-state index >= 15 is 0 Å². The van der Waals surface area contributed by atoms with Crippen LogP contribution >= 0.6 is 0 Å². The number of hydrogen-bond donors (Lipinski definition) is 4. The maximum absolute atomic E-state index is 13.9. The molecule has 160 valence electrons. The van der Waals surface area contributed by atoms with Gasteiger partial charge in [-0.15, -0.1) is 0 Å². The van der Waals surface area contributed by atoms with Gasteiger partial charge >= 0.3 is 11.9 Å². The number of aromatic amines is 1. The zero-order valence-electron chi connectivity index (χ0n) is 15.4. The molecule has 0 aliphatic rings. The number of benzene rings is 2. The molecule has 0 fully saturated rings. The molecule has 1 aromatic heterocycles. The van der Waals surface area contributed by atoms with E-state index in [0.717, 1.165) is 30.3 Å². The average molecular weight is 434 g/mol. The highest BCUT2D eigenvalue weighted by molar-refractivity contribution is 6.08. The number of carbonyl (C=O) groups is 2. The van der Waals surface area contributed by atoms with Crippen molar-refractivity contribution >= 4 is 17.8 Å². The summed E-state index contributed by atoms with van der Waals surface area (Å²) in [6.45, 7) is -0.406. The summed E-state index contributed by atoms with van der Waals surface area (Å²) in [5.41, 5.74) is 2.02. The zero-order chi connectivity index (χ0) is 22.9. The van der Waals surface area contributed by atoms with Gasteiger partial charge in [0.25, 0.3) is 5.56 Å². The first kappa shape index (κ1) is 21.4. The Morgan fingerprint density at radius 1 is 0.968 bits per heavy atom. The molecule has 0 bridgehead atoms. The molecular formula is C20H13F3N2O6. The smallest absolute Gasteiger partial charge is 0.342 e. The first-order valence-electron chi connectivity index (χ1n) is 8.49. The van der Waals surface area contributed by atoms with Crippen LogP contribution < -0.4 is 16.0 Å². The molecule has 0 saturated carbocycles. The van der Waals surface area contributed by atoms with Crippen LogP contribution in [0.15, 0.2) is 41.2 Å². The van der Waals surface area contributed by atoms with Crippen molar-refractivity contribution in [2.75, 3.05) is 5.73 Å². The van der Waals surface area contributed by atoms with Gasteiger partial charge < -0.3 is 25.7 Å². The number of halogens is 3. The summed E-state index contributed by atoms with van der Waals surface area (Å²) in [4.78, 5) is 37.6. The fourth-order valence-electron chi connectivity index (χ4n) is 2.93. The minimum Gasteiger partial charge on any atom is -0.488 e. The lowest BCUT2D eigenvalue weighted by Gasteiger charge is -2.16. The predicted octanol–water partition coefficient (Wildman–Crippen LogP) is 3.02. The lowest BCUT2D eigenvalue weighted by molar-refractivity contribution is 0.0695. The summed E-state index contributed by atoms with van der Waals surface area (Å²) in [6.07, 6.45) is 0. The summed E-state index contributed by atoms with van der Waals surface area (Å²) in [5.74, 6) is -7.43. The fourth-order valence-corrected chi connectivity index (χ4v) is 2.93. The fraction of sp³-hybridized carbons (Fsp3) is 0.0500. The van der Waals surface area contributed by atoms with E-state index in [1.54, 1.807) is 0 Å². The zero-order valence-corrected chi connectivity index (χ0v) is 15.4. The minimum atomic E-state index is -1.75. The highest BCUT2D eigenvalue weighted by atomic mass is 19.2. The van der Waals surface area contributed by atoms with E-state index < -0.39 is 64.1 Å². The van der Waals surface area contributed by atoms with Crippen LogP contribution in [0.3, 0.4) is 0 Å². The number of carboxylic acids is 2. The number of pyridine rings is 1. The Hall–Kier alpha value is -4.28. The Kier molecular flexibility index (Phi) is 5.68. The van der Waals surface area contributed by atoms with E-state index in [9.17, 15) is 37.8 Å². The summed E-state index contributed by atoms with van der Waals surface area (Å²) < 4.78 is 45.8. The lowest BCUT2D eigenvalue weighted by atomic mass is 9.94. The molecule has 31 heavy (non-hydrogen) atoms. The van der Waals surface area contributed by atoms with Gasteiger partial charge in [0, 0.05) is 17.2 Å². The van der Waals surface area contributed by atoms with Crippen molar-refractivity contribution in [3.8, 4) is 16.9 Å². The second kappa shape index (κ2) is 8.22. The van der Waals surface area contributed by atoms with Gasteiger partial charge in [-0.3, -0.25) is 4.79 Å². The number of nitrogens with one attached hydrogen (secondary N) is 1. The topological polar surface area (TPSA) is 143 Å². The third-order valence-electron chi connectivity index (χ3n) is 4.26. The molecule has 3 aromatic rings. The number of aromatic carboxylic acids is 2. The van der Waals surface area contributed by atoms with Crippen LogP contribution in [0.5, 0.6) is 5.75 Å². The summed E-state index contributed by atoms with van der Waals surface area (Å²) in [6, 6.07) is 5.63. The Labute approximate surface area is 171 Å². The van der Waals surface area contributed by atoms with Crippen LogP contribution in [0, 0.1) is 17.5 Å². The van der Waals surface area contributed by atoms with E-state index in [-0.39, 0.29) is 16.9 Å². The molecule has 8 nitrogen and oxygen atoms in total. The van der Waals surface area contributed by atoms with E-state index in [1.165, 1.54) is 6.07 Å². The Morgan fingerprint density at radius 2 is 1.65 bits per heavy atom. The number of ether oxygens (including phenoxy) is 1. The molecule has 5 N–H and O–H groups in total. The molecule has 0 spiro atoms. The maximum Gasteiger partial charge on any atom is 0.342 e. The summed E-state index contributed by atoms with van der Waals surface area (Å²) in [5, 5.41) is 19.0. The van der Waals surface area contributed by atoms with Crippen molar-refractivity contribution in [3.05, 3.63) is 80.9 Å². The van der Waals surface area contributed by atoms with Gasteiger partial charge in [0.05, 0.1) is 0 Å². The Bertz CT molecular complexity index is 1270. The highest BCUT2D eigenvalue weighted by Crippen LogP contribution is 2.36. The molecule has 0 atom stereocenters. The van der Waals surface area contributed by atoms with Gasteiger partial charge in [0.1, 0.15) is 35.1 Å². The van der Waals surface area contributed by atoms with Crippen LogP contribution in [-0.4, -0.2) is 27.1 Å². The second-order valence-electron chi connectivity index (χ2n) is 6.28. The monoisotopic (exact) mass is 434 g/mol. The molecule has 2 aromatic carbocycles. The molecule has 0 amide bonds. The Morgan fingerprint density at radius 3 is 2.26 bits per heavy atom. The lowest BCUT2D eigenvalue weighted by Crippen LogP contribution is -2.24. The molecule has 0 aliphatic carbocycles. The van der Waals surface area contributed by atoms with Crippen LogP contribution in [0.4, 0.5) is 19.0 Å². The number of H-pyrrole nitrogens is 1. The van der Waals surface area contributed by atoms with Gasteiger partial charge in [-0.25, -0.2) is 22.8 Å². The van der Waals surface area contributed by atoms with Crippen LogP contribution in [0.1, 0.15) is 26.3 Å². The first-order chi connectivity index (χ1) is 14.6. The predicted molar refractivity (Wildman–Crippen MR) is 101 cm³/mol. The third-order valence-corrected chi connectivity index (χ3v) is 4.26. The van der Waals surface area contributed by atoms with Crippen molar-refractivity contribution in [2.24, 2.45) is 0 Å². The second-order valence-corrected chi connectivity index (χ2v) is 6.28.